The number of hydrogen-bond acceptors (Lipinski definition) is 3. The van der Waals surface area contributed by atoms with Crippen molar-refractivity contribution in [3.63, 3.8) is 0 Å². The highest BCUT2D eigenvalue weighted by molar-refractivity contribution is 7.15. The fourth-order valence-corrected chi connectivity index (χ4v) is 2.41. The van der Waals surface area contributed by atoms with Gasteiger partial charge in [0, 0.05) is 6.54 Å². The Hall–Kier alpha value is -0.900. The van der Waals surface area contributed by atoms with Gasteiger partial charge in [-0.2, -0.15) is 0 Å². The molecule has 0 aliphatic heterocycles. The third-order valence-electron chi connectivity index (χ3n) is 1.84. The maximum atomic E-state index is 6.00. The van der Waals surface area contributed by atoms with Crippen LogP contribution in [0, 0.1) is 0 Å². The summed E-state index contributed by atoms with van der Waals surface area (Å²) in [5, 5.41) is 1.41. The quantitative estimate of drug-likeness (QED) is 0.852. The van der Waals surface area contributed by atoms with Crippen LogP contribution in [0.5, 0.6) is 0 Å². The SMILES string of the molecule is NCc1nc(Cl)c(-c2ccccc2)s1. The van der Waals surface area contributed by atoms with Crippen molar-refractivity contribution in [1.29, 1.82) is 0 Å². The molecule has 0 atom stereocenters. The monoisotopic (exact) mass is 224 g/mol. The largest absolute Gasteiger partial charge is 0.325 e. The Balaban J connectivity index is 2.46. The zero-order valence-corrected chi connectivity index (χ0v) is 8.98. The van der Waals surface area contributed by atoms with E-state index < -0.39 is 0 Å². The van der Waals surface area contributed by atoms with E-state index in [1.165, 1.54) is 0 Å². The second-order valence-electron chi connectivity index (χ2n) is 2.80. The number of nitrogens with two attached hydrogens (primary N) is 1. The Morgan fingerprint density at radius 1 is 1.29 bits per heavy atom. The topological polar surface area (TPSA) is 38.9 Å². The molecule has 0 unspecified atom stereocenters. The standard InChI is InChI=1S/C10H9ClN2S/c11-10-9(14-8(6-12)13-10)7-4-2-1-3-5-7/h1-5H,6,12H2. The Labute approximate surface area is 91.4 Å². The maximum absolute atomic E-state index is 6.00. The molecule has 0 bridgehead atoms. The molecule has 0 aliphatic carbocycles. The van der Waals surface area contributed by atoms with Gasteiger partial charge >= 0.3 is 0 Å². The molecule has 0 amide bonds. The normalized spacial score (nSPS) is 10.4. The molecule has 72 valence electrons. The smallest absolute Gasteiger partial charge is 0.148 e. The van der Waals surface area contributed by atoms with Gasteiger partial charge in [0.25, 0.3) is 0 Å². The van der Waals surface area contributed by atoms with E-state index in [4.69, 9.17) is 17.3 Å². The molecule has 2 nitrogen and oxygen atoms in total. The summed E-state index contributed by atoms with van der Waals surface area (Å²) < 4.78 is 0. The first-order chi connectivity index (χ1) is 6.81. The van der Waals surface area contributed by atoms with Crippen molar-refractivity contribution in [3.05, 3.63) is 40.5 Å². The Bertz CT molecular complexity index is 425. The van der Waals surface area contributed by atoms with Crippen LogP contribution in [-0.2, 0) is 6.54 Å². The van der Waals surface area contributed by atoms with Crippen molar-refractivity contribution in [2.24, 2.45) is 5.73 Å². The second-order valence-corrected chi connectivity index (χ2v) is 4.24. The average Bonchev–Trinajstić information content (AvgIpc) is 2.61. The molecule has 2 aromatic rings. The Morgan fingerprint density at radius 2 is 2.00 bits per heavy atom. The van der Waals surface area contributed by atoms with Crippen molar-refractivity contribution >= 4 is 22.9 Å². The minimum absolute atomic E-state index is 0.442. The zero-order chi connectivity index (χ0) is 9.97. The molecule has 2 N–H and O–H groups in total. The van der Waals surface area contributed by atoms with Crippen LogP contribution in [-0.4, -0.2) is 4.98 Å². The van der Waals surface area contributed by atoms with Crippen LogP contribution in [0.2, 0.25) is 5.15 Å². The third-order valence-corrected chi connectivity index (χ3v) is 3.35. The van der Waals surface area contributed by atoms with E-state index in [1.807, 2.05) is 30.3 Å². The predicted molar refractivity (Wildman–Crippen MR) is 60.5 cm³/mol. The predicted octanol–water partition coefficient (Wildman–Crippen LogP) is 2.92. The maximum Gasteiger partial charge on any atom is 0.148 e. The van der Waals surface area contributed by atoms with E-state index in [0.29, 0.717) is 11.7 Å². The molecule has 14 heavy (non-hydrogen) atoms. The van der Waals surface area contributed by atoms with Gasteiger partial charge in [0.1, 0.15) is 10.2 Å². The van der Waals surface area contributed by atoms with Crippen LogP contribution in [0.3, 0.4) is 0 Å². The highest BCUT2D eigenvalue weighted by Gasteiger charge is 2.09. The molecule has 2 rings (SSSR count). The van der Waals surface area contributed by atoms with Crippen LogP contribution in [0.15, 0.2) is 30.3 Å². The Kier molecular flexibility index (Phi) is 2.82. The third kappa shape index (κ3) is 1.80. The van der Waals surface area contributed by atoms with E-state index in [9.17, 15) is 0 Å². The fourth-order valence-electron chi connectivity index (χ4n) is 1.20. The van der Waals surface area contributed by atoms with E-state index in [-0.39, 0.29) is 0 Å². The van der Waals surface area contributed by atoms with Crippen molar-refractivity contribution < 1.29 is 0 Å². The van der Waals surface area contributed by atoms with Crippen molar-refractivity contribution in [1.82, 2.24) is 4.98 Å². The number of benzene rings is 1. The summed E-state index contributed by atoms with van der Waals surface area (Å²) in [6.07, 6.45) is 0. The highest BCUT2D eigenvalue weighted by Crippen LogP contribution is 2.33. The van der Waals surface area contributed by atoms with Crippen LogP contribution in [0.1, 0.15) is 5.01 Å². The molecule has 0 radical (unpaired) electrons. The molecular weight excluding hydrogens is 216 g/mol. The molecule has 1 aromatic heterocycles. The van der Waals surface area contributed by atoms with E-state index >= 15 is 0 Å². The highest BCUT2D eigenvalue weighted by atomic mass is 35.5. The fraction of sp³-hybridized carbons (Fsp3) is 0.100. The summed E-state index contributed by atoms with van der Waals surface area (Å²) in [5.74, 6) is 0. The van der Waals surface area contributed by atoms with Gasteiger partial charge in [0.2, 0.25) is 0 Å². The molecule has 0 saturated heterocycles. The van der Waals surface area contributed by atoms with Gasteiger partial charge in [-0.1, -0.05) is 41.9 Å². The molecule has 1 heterocycles. The number of rotatable bonds is 2. The number of halogens is 1. The molecule has 0 spiro atoms. The van der Waals surface area contributed by atoms with Gasteiger partial charge < -0.3 is 5.73 Å². The van der Waals surface area contributed by atoms with Crippen molar-refractivity contribution in [2.45, 2.75) is 6.54 Å². The van der Waals surface area contributed by atoms with Crippen LogP contribution in [0.4, 0.5) is 0 Å². The van der Waals surface area contributed by atoms with Crippen LogP contribution < -0.4 is 5.73 Å². The summed E-state index contributed by atoms with van der Waals surface area (Å²) >= 11 is 7.55. The van der Waals surface area contributed by atoms with Gasteiger partial charge in [0.15, 0.2) is 0 Å². The first kappa shape index (κ1) is 9.65. The Morgan fingerprint density at radius 3 is 2.57 bits per heavy atom. The lowest BCUT2D eigenvalue weighted by Gasteiger charge is -1.95. The lowest BCUT2D eigenvalue weighted by Crippen LogP contribution is -1.93. The van der Waals surface area contributed by atoms with Gasteiger partial charge in [-0.25, -0.2) is 4.98 Å². The molecular formula is C10H9ClN2S. The van der Waals surface area contributed by atoms with Crippen LogP contribution in [0.25, 0.3) is 10.4 Å². The van der Waals surface area contributed by atoms with Gasteiger partial charge in [-0.15, -0.1) is 11.3 Å². The van der Waals surface area contributed by atoms with E-state index in [0.717, 1.165) is 15.4 Å². The first-order valence-corrected chi connectivity index (χ1v) is 5.41. The molecule has 1 aromatic carbocycles. The molecule has 0 fully saturated rings. The lowest BCUT2D eigenvalue weighted by molar-refractivity contribution is 1.04. The number of aromatic nitrogens is 1. The summed E-state index contributed by atoms with van der Waals surface area (Å²) in [5.41, 5.74) is 6.59. The van der Waals surface area contributed by atoms with E-state index in [1.54, 1.807) is 11.3 Å². The number of nitrogens with zero attached hydrogens (tertiary/aromatic N) is 1. The number of thiazole rings is 1. The van der Waals surface area contributed by atoms with Crippen LogP contribution >= 0.6 is 22.9 Å². The minimum Gasteiger partial charge on any atom is -0.325 e. The summed E-state index contributed by atoms with van der Waals surface area (Å²) in [4.78, 5) is 5.16. The molecule has 4 heteroatoms. The van der Waals surface area contributed by atoms with Crippen molar-refractivity contribution in [2.75, 3.05) is 0 Å². The van der Waals surface area contributed by atoms with E-state index in [2.05, 4.69) is 4.98 Å². The van der Waals surface area contributed by atoms with Gasteiger partial charge in [0.05, 0.1) is 4.88 Å². The van der Waals surface area contributed by atoms with Gasteiger partial charge in [-0.3, -0.25) is 0 Å². The van der Waals surface area contributed by atoms with Crippen molar-refractivity contribution in [3.8, 4) is 10.4 Å². The second kappa shape index (κ2) is 4.09. The zero-order valence-electron chi connectivity index (χ0n) is 7.40. The average molecular weight is 225 g/mol. The van der Waals surface area contributed by atoms with Gasteiger partial charge in [-0.05, 0) is 5.56 Å². The summed E-state index contributed by atoms with van der Waals surface area (Å²) in [6, 6.07) is 9.96. The molecule has 0 aliphatic rings. The minimum atomic E-state index is 0.442. The molecule has 0 saturated carbocycles. The summed E-state index contributed by atoms with van der Waals surface area (Å²) in [6.45, 7) is 0.442. The first-order valence-electron chi connectivity index (χ1n) is 4.22. The summed E-state index contributed by atoms with van der Waals surface area (Å²) in [7, 11) is 0. The lowest BCUT2D eigenvalue weighted by atomic mass is 10.2. The number of hydrogen-bond donors (Lipinski definition) is 1.